The monoisotopic (exact) mass is 435 g/mol. The van der Waals surface area contributed by atoms with Gasteiger partial charge in [-0.2, -0.15) is 0 Å². The summed E-state index contributed by atoms with van der Waals surface area (Å²) in [7, 11) is 0. The highest BCUT2D eigenvalue weighted by atomic mass is 16.6. The summed E-state index contributed by atoms with van der Waals surface area (Å²) in [5, 5.41) is 11.3. The van der Waals surface area contributed by atoms with Gasteiger partial charge in [0.25, 0.3) is 5.69 Å². The van der Waals surface area contributed by atoms with Gasteiger partial charge in [0.15, 0.2) is 0 Å². The van der Waals surface area contributed by atoms with Gasteiger partial charge in [-0.15, -0.1) is 0 Å². The lowest BCUT2D eigenvalue weighted by atomic mass is 9.83. The van der Waals surface area contributed by atoms with Gasteiger partial charge in [0, 0.05) is 37.5 Å². The number of nitro benzene ring substituents is 1. The maximum Gasteiger partial charge on any atom is 0.269 e. The fraction of sp³-hybridized carbons (Fsp3) is 0.480. The Bertz CT molecular complexity index is 988. The Balaban J connectivity index is 1.30. The van der Waals surface area contributed by atoms with Gasteiger partial charge in [-0.1, -0.05) is 30.3 Å². The first kappa shape index (κ1) is 20.9. The quantitative estimate of drug-likeness (QED) is 0.543. The fourth-order valence-corrected chi connectivity index (χ4v) is 5.55. The number of ether oxygens (including phenoxy) is 1. The molecule has 1 amide bonds. The molecule has 0 spiro atoms. The minimum atomic E-state index is -0.361. The van der Waals surface area contributed by atoms with Crippen molar-refractivity contribution < 1.29 is 14.5 Å². The van der Waals surface area contributed by atoms with E-state index in [2.05, 4.69) is 29.2 Å². The smallest absolute Gasteiger partial charge is 0.269 e. The van der Waals surface area contributed by atoms with Crippen LogP contribution in [0.25, 0.3) is 0 Å². The molecule has 2 aromatic carbocycles. The van der Waals surface area contributed by atoms with Crippen LogP contribution in [0.1, 0.15) is 24.0 Å². The maximum atomic E-state index is 13.6. The minimum Gasteiger partial charge on any atom is -0.377 e. The van der Waals surface area contributed by atoms with Crippen LogP contribution in [0.5, 0.6) is 0 Å². The lowest BCUT2D eigenvalue weighted by molar-refractivity contribution is -0.384. The molecule has 2 saturated heterocycles. The average Bonchev–Trinajstić information content (AvgIpc) is 2.84. The number of hydrogen-bond acceptors (Lipinski definition) is 5. The van der Waals surface area contributed by atoms with Gasteiger partial charge in [-0.05, 0) is 48.8 Å². The first-order valence-corrected chi connectivity index (χ1v) is 11.5. The van der Waals surface area contributed by atoms with Crippen molar-refractivity contribution in [2.24, 2.45) is 11.8 Å². The zero-order chi connectivity index (χ0) is 22.1. The maximum absolute atomic E-state index is 13.6. The summed E-state index contributed by atoms with van der Waals surface area (Å²) in [5.41, 5.74) is 3.35. The summed E-state index contributed by atoms with van der Waals surface area (Å²) in [4.78, 5) is 28.8. The molecule has 2 aromatic rings. The van der Waals surface area contributed by atoms with Gasteiger partial charge < -0.3 is 14.5 Å². The number of benzene rings is 2. The molecule has 2 atom stereocenters. The number of likely N-dealkylation sites (tertiary alicyclic amines) is 1. The second-order valence-electron chi connectivity index (χ2n) is 9.17. The van der Waals surface area contributed by atoms with Crippen molar-refractivity contribution >= 4 is 17.3 Å². The minimum absolute atomic E-state index is 0.00718. The fourth-order valence-electron chi connectivity index (χ4n) is 5.55. The number of amides is 1. The number of anilines is 1. The van der Waals surface area contributed by atoms with Crippen LogP contribution in [0.4, 0.5) is 11.4 Å². The zero-order valence-electron chi connectivity index (χ0n) is 18.2. The Morgan fingerprint density at radius 1 is 1.09 bits per heavy atom. The number of rotatable bonds is 4. The first-order valence-electron chi connectivity index (χ1n) is 11.5. The predicted molar refractivity (Wildman–Crippen MR) is 122 cm³/mol. The Morgan fingerprint density at radius 3 is 2.62 bits per heavy atom. The summed E-state index contributed by atoms with van der Waals surface area (Å²) >= 11 is 0. The Kier molecular flexibility index (Phi) is 5.83. The molecule has 0 radical (unpaired) electrons. The van der Waals surface area contributed by atoms with Gasteiger partial charge in [0.2, 0.25) is 5.91 Å². The van der Waals surface area contributed by atoms with Crippen LogP contribution >= 0.6 is 0 Å². The molecule has 5 rings (SSSR count). The molecule has 0 bridgehead atoms. The van der Waals surface area contributed by atoms with Crippen LogP contribution in [0, 0.1) is 22.0 Å². The number of fused-ring (bicyclic) bond motifs is 3. The molecule has 0 aliphatic carbocycles. The number of hydrogen-bond donors (Lipinski definition) is 0. The molecule has 0 saturated carbocycles. The molecule has 0 unspecified atom stereocenters. The highest BCUT2D eigenvalue weighted by Crippen LogP contribution is 2.38. The van der Waals surface area contributed by atoms with Crippen molar-refractivity contribution in [2.45, 2.75) is 31.7 Å². The third kappa shape index (κ3) is 4.09. The molecule has 0 N–H and O–H groups in total. The Morgan fingerprint density at radius 2 is 1.88 bits per heavy atom. The second-order valence-corrected chi connectivity index (χ2v) is 9.17. The van der Waals surface area contributed by atoms with Crippen molar-refractivity contribution in [1.29, 1.82) is 0 Å². The first-order chi connectivity index (χ1) is 15.6. The van der Waals surface area contributed by atoms with E-state index >= 15 is 0 Å². The normalized spacial score (nSPS) is 23.4. The second kappa shape index (κ2) is 8.90. The number of nitro groups is 1. The van der Waals surface area contributed by atoms with Crippen molar-refractivity contribution in [3.63, 3.8) is 0 Å². The highest BCUT2D eigenvalue weighted by molar-refractivity contribution is 5.82. The van der Waals surface area contributed by atoms with Gasteiger partial charge in [0.05, 0.1) is 30.1 Å². The molecule has 3 aliphatic heterocycles. The van der Waals surface area contributed by atoms with Crippen LogP contribution < -0.4 is 4.90 Å². The highest BCUT2D eigenvalue weighted by Gasteiger charge is 2.42. The van der Waals surface area contributed by atoms with E-state index in [9.17, 15) is 14.9 Å². The number of carbonyl (C=O) groups excluding carboxylic acids is 1. The molecule has 0 aromatic heterocycles. The Hall–Kier alpha value is -2.93. The van der Waals surface area contributed by atoms with E-state index in [1.165, 1.54) is 5.56 Å². The Labute approximate surface area is 188 Å². The van der Waals surface area contributed by atoms with E-state index < -0.39 is 0 Å². The van der Waals surface area contributed by atoms with E-state index in [4.69, 9.17) is 4.74 Å². The standard InChI is InChI=1S/C25H29N3O4/c29-25(26-10-8-19(9-11-26)14-18-4-2-1-3-5-18)22-16-20-15-21(28(30)31)6-7-23(20)27-12-13-32-17-24(22)27/h1-7,15,19,22,24H,8-14,16-17H2/t22-,24-/m0/s1. The number of non-ortho nitro benzene ring substituents is 1. The molecule has 168 valence electrons. The summed E-state index contributed by atoms with van der Waals surface area (Å²) in [6.07, 6.45) is 3.62. The third-order valence-electron chi connectivity index (χ3n) is 7.26. The molecule has 2 fully saturated rings. The van der Waals surface area contributed by atoms with Crippen molar-refractivity contribution in [3.8, 4) is 0 Å². The molecule has 7 nitrogen and oxygen atoms in total. The number of morpholine rings is 1. The zero-order valence-corrected chi connectivity index (χ0v) is 18.2. The SMILES string of the molecule is O=C([C@H]1Cc2cc([N+](=O)[O-])ccc2N2CCOC[C@@H]12)N1CCC(Cc2ccccc2)CC1. The average molecular weight is 436 g/mol. The molecule has 32 heavy (non-hydrogen) atoms. The van der Waals surface area contributed by atoms with E-state index in [1.54, 1.807) is 12.1 Å². The molecular formula is C25H29N3O4. The number of nitrogens with zero attached hydrogens (tertiary/aromatic N) is 3. The summed E-state index contributed by atoms with van der Waals surface area (Å²) in [6.45, 7) is 3.40. The van der Waals surface area contributed by atoms with Gasteiger partial charge in [-0.3, -0.25) is 14.9 Å². The van der Waals surface area contributed by atoms with E-state index in [0.717, 1.165) is 43.6 Å². The summed E-state index contributed by atoms with van der Waals surface area (Å²) < 4.78 is 5.75. The molecule has 3 heterocycles. The third-order valence-corrected chi connectivity index (χ3v) is 7.26. The number of carbonyl (C=O) groups is 1. The van der Waals surface area contributed by atoms with Crippen LogP contribution in [-0.4, -0.2) is 54.6 Å². The molecule has 7 heteroatoms. The largest absolute Gasteiger partial charge is 0.377 e. The number of piperidine rings is 1. The van der Waals surface area contributed by atoms with E-state index in [1.807, 2.05) is 17.0 Å². The van der Waals surface area contributed by atoms with Crippen LogP contribution in [-0.2, 0) is 22.4 Å². The van der Waals surface area contributed by atoms with Crippen molar-refractivity contribution in [3.05, 3.63) is 69.8 Å². The summed E-state index contributed by atoms with van der Waals surface area (Å²) in [5.74, 6) is 0.544. The lowest BCUT2D eigenvalue weighted by Crippen LogP contribution is -2.57. The van der Waals surface area contributed by atoms with Crippen LogP contribution in [0.15, 0.2) is 48.5 Å². The summed E-state index contributed by atoms with van der Waals surface area (Å²) in [6, 6.07) is 15.6. The van der Waals surface area contributed by atoms with Gasteiger partial charge >= 0.3 is 0 Å². The van der Waals surface area contributed by atoms with Crippen LogP contribution in [0.2, 0.25) is 0 Å². The van der Waals surface area contributed by atoms with Gasteiger partial charge in [0.1, 0.15) is 0 Å². The van der Waals surface area contributed by atoms with E-state index in [0.29, 0.717) is 32.1 Å². The predicted octanol–water partition coefficient (Wildman–Crippen LogP) is 3.45. The van der Waals surface area contributed by atoms with Gasteiger partial charge in [-0.25, -0.2) is 0 Å². The van der Waals surface area contributed by atoms with Crippen molar-refractivity contribution in [2.75, 3.05) is 37.7 Å². The van der Waals surface area contributed by atoms with E-state index in [-0.39, 0.29) is 28.5 Å². The molecular weight excluding hydrogens is 406 g/mol. The van der Waals surface area contributed by atoms with Crippen molar-refractivity contribution in [1.82, 2.24) is 4.90 Å². The topological polar surface area (TPSA) is 75.9 Å². The van der Waals surface area contributed by atoms with Crippen LogP contribution in [0.3, 0.4) is 0 Å². The molecule has 3 aliphatic rings. The lowest BCUT2D eigenvalue weighted by Gasteiger charge is -2.47.